The van der Waals surface area contributed by atoms with Crippen LogP contribution in [0.4, 0.5) is 5.69 Å². The topological polar surface area (TPSA) is 15.3 Å². The average Bonchev–Trinajstić information content (AvgIpc) is 2.57. The molecule has 2 aliphatic heterocycles. The van der Waals surface area contributed by atoms with Gasteiger partial charge in [-0.05, 0) is 24.1 Å². The number of anilines is 1. The fraction of sp³-hybridized carbons (Fsp3) is 0.455. The third-order valence-corrected chi connectivity index (χ3v) is 3.96. The van der Waals surface area contributed by atoms with Gasteiger partial charge in [0.1, 0.15) is 0 Å². The molecule has 2 aliphatic rings. The number of nitrogens with one attached hydrogen (secondary N) is 1. The molecule has 0 spiro atoms. The molecular weight excluding hydrogens is 231 g/mol. The lowest BCUT2D eigenvalue weighted by Crippen LogP contribution is -2.49. The van der Waals surface area contributed by atoms with Crippen LogP contribution >= 0.6 is 23.2 Å². The Bertz CT molecular complexity index is 406. The molecule has 3 rings (SSSR count). The van der Waals surface area contributed by atoms with Crippen LogP contribution in [0, 0.1) is 0 Å². The van der Waals surface area contributed by atoms with E-state index < -0.39 is 0 Å². The Morgan fingerprint density at radius 2 is 2.07 bits per heavy atom. The van der Waals surface area contributed by atoms with Gasteiger partial charge in [0.2, 0.25) is 0 Å². The molecule has 0 aliphatic carbocycles. The Morgan fingerprint density at radius 3 is 2.93 bits per heavy atom. The molecule has 15 heavy (non-hydrogen) atoms. The van der Waals surface area contributed by atoms with Gasteiger partial charge in [-0.3, -0.25) is 0 Å². The Kier molecular flexibility index (Phi) is 2.31. The zero-order valence-corrected chi connectivity index (χ0v) is 9.78. The lowest BCUT2D eigenvalue weighted by Gasteiger charge is -2.32. The van der Waals surface area contributed by atoms with Crippen molar-refractivity contribution in [3.8, 4) is 0 Å². The van der Waals surface area contributed by atoms with Gasteiger partial charge in [0, 0.05) is 31.4 Å². The lowest BCUT2D eigenvalue weighted by molar-refractivity contribution is 0.495. The molecule has 80 valence electrons. The highest BCUT2D eigenvalue weighted by molar-refractivity contribution is 6.42. The number of hydrogen-bond donors (Lipinski definition) is 1. The number of nitrogens with zero attached hydrogens (tertiary/aromatic N) is 1. The van der Waals surface area contributed by atoms with E-state index in [1.165, 1.54) is 11.3 Å². The third-order valence-electron chi connectivity index (χ3n) is 3.24. The lowest BCUT2D eigenvalue weighted by atomic mass is 10.1. The van der Waals surface area contributed by atoms with Gasteiger partial charge in [-0.15, -0.1) is 0 Å². The van der Waals surface area contributed by atoms with Crippen LogP contribution in [-0.4, -0.2) is 25.7 Å². The minimum absolute atomic E-state index is 0.586. The van der Waals surface area contributed by atoms with E-state index >= 15 is 0 Å². The molecule has 1 fully saturated rings. The fourth-order valence-corrected chi connectivity index (χ4v) is 2.87. The number of rotatable bonds is 0. The second-order valence-electron chi connectivity index (χ2n) is 4.15. The second-order valence-corrected chi connectivity index (χ2v) is 4.96. The molecule has 0 saturated carbocycles. The Morgan fingerprint density at radius 1 is 1.27 bits per heavy atom. The molecule has 0 bridgehead atoms. The van der Waals surface area contributed by atoms with E-state index in [1.807, 2.05) is 12.1 Å². The van der Waals surface area contributed by atoms with Crippen molar-refractivity contribution < 1.29 is 0 Å². The molecule has 1 atom stereocenters. The molecule has 1 aromatic rings. The van der Waals surface area contributed by atoms with Crippen LogP contribution in [0.5, 0.6) is 0 Å². The highest BCUT2D eigenvalue weighted by atomic mass is 35.5. The molecule has 1 aromatic carbocycles. The summed E-state index contributed by atoms with van der Waals surface area (Å²) in [5.74, 6) is 0. The van der Waals surface area contributed by atoms with Gasteiger partial charge in [-0.25, -0.2) is 0 Å². The molecule has 1 N–H and O–H groups in total. The van der Waals surface area contributed by atoms with E-state index in [-0.39, 0.29) is 0 Å². The number of fused-ring (bicyclic) bond motifs is 3. The molecular formula is C11H12Cl2N2. The van der Waals surface area contributed by atoms with Crippen LogP contribution in [0.3, 0.4) is 0 Å². The minimum Gasteiger partial charge on any atom is -0.365 e. The van der Waals surface area contributed by atoms with Gasteiger partial charge in [-0.1, -0.05) is 23.2 Å². The maximum Gasteiger partial charge on any atom is 0.0613 e. The molecule has 2 heterocycles. The summed E-state index contributed by atoms with van der Waals surface area (Å²) in [4.78, 5) is 2.44. The van der Waals surface area contributed by atoms with Gasteiger partial charge in [0.25, 0.3) is 0 Å². The molecule has 2 nitrogen and oxygen atoms in total. The highest BCUT2D eigenvalue weighted by Crippen LogP contribution is 2.38. The van der Waals surface area contributed by atoms with Crippen molar-refractivity contribution in [1.82, 2.24) is 5.32 Å². The maximum absolute atomic E-state index is 6.05. The zero-order chi connectivity index (χ0) is 10.4. The van der Waals surface area contributed by atoms with Crippen molar-refractivity contribution in [3.63, 3.8) is 0 Å². The van der Waals surface area contributed by atoms with Gasteiger partial charge < -0.3 is 10.2 Å². The fourth-order valence-electron chi connectivity index (χ4n) is 2.52. The Hall–Kier alpha value is -0.440. The summed E-state index contributed by atoms with van der Waals surface area (Å²) in [6.07, 6.45) is 1.08. The van der Waals surface area contributed by atoms with Crippen molar-refractivity contribution in [2.75, 3.05) is 24.5 Å². The summed E-state index contributed by atoms with van der Waals surface area (Å²) < 4.78 is 0. The predicted octanol–water partition coefficient (Wildman–Crippen LogP) is 2.33. The number of hydrogen-bond acceptors (Lipinski definition) is 2. The summed E-state index contributed by atoms with van der Waals surface area (Å²) in [5.41, 5.74) is 2.61. The summed E-state index contributed by atoms with van der Waals surface area (Å²) >= 11 is 12.1. The van der Waals surface area contributed by atoms with E-state index in [0.717, 1.165) is 26.1 Å². The van der Waals surface area contributed by atoms with E-state index in [4.69, 9.17) is 23.2 Å². The second kappa shape index (κ2) is 3.55. The first-order chi connectivity index (χ1) is 7.25. The number of piperazine rings is 1. The van der Waals surface area contributed by atoms with E-state index in [2.05, 4.69) is 10.2 Å². The van der Waals surface area contributed by atoms with Gasteiger partial charge in [-0.2, -0.15) is 0 Å². The average molecular weight is 243 g/mol. The van der Waals surface area contributed by atoms with E-state index in [0.29, 0.717) is 16.1 Å². The third kappa shape index (κ3) is 1.52. The van der Waals surface area contributed by atoms with Gasteiger partial charge in [0.05, 0.1) is 10.0 Å². The Labute approximate surface area is 99.2 Å². The number of benzene rings is 1. The van der Waals surface area contributed by atoms with E-state index in [1.54, 1.807) is 0 Å². The van der Waals surface area contributed by atoms with Gasteiger partial charge >= 0.3 is 0 Å². The Balaban J connectivity index is 2.04. The largest absolute Gasteiger partial charge is 0.365 e. The molecule has 0 radical (unpaired) electrons. The highest BCUT2D eigenvalue weighted by Gasteiger charge is 2.31. The van der Waals surface area contributed by atoms with Crippen molar-refractivity contribution in [1.29, 1.82) is 0 Å². The molecule has 0 amide bonds. The van der Waals surface area contributed by atoms with Crippen LogP contribution in [0.2, 0.25) is 10.0 Å². The first-order valence-electron chi connectivity index (χ1n) is 5.21. The van der Waals surface area contributed by atoms with Crippen molar-refractivity contribution in [2.45, 2.75) is 12.5 Å². The normalized spacial score (nSPS) is 23.9. The summed E-state index contributed by atoms with van der Waals surface area (Å²) in [7, 11) is 0. The van der Waals surface area contributed by atoms with Crippen LogP contribution < -0.4 is 10.2 Å². The van der Waals surface area contributed by atoms with Crippen molar-refractivity contribution in [2.24, 2.45) is 0 Å². The zero-order valence-electron chi connectivity index (χ0n) is 8.26. The van der Waals surface area contributed by atoms with Crippen LogP contribution in [0.15, 0.2) is 12.1 Å². The van der Waals surface area contributed by atoms with Gasteiger partial charge in [0.15, 0.2) is 0 Å². The minimum atomic E-state index is 0.586. The maximum atomic E-state index is 6.05. The SMILES string of the molecule is Clc1cc2c(cc1Cl)N1CCNCC1C2. The smallest absolute Gasteiger partial charge is 0.0613 e. The standard InChI is InChI=1S/C11H12Cl2N2/c12-9-4-7-3-8-6-14-1-2-15(8)11(7)5-10(9)13/h4-5,8,14H,1-3,6H2. The van der Waals surface area contributed by atoms with Crippen molar-refractivity contribution >= 4 is 28.9 Å². The monoisotopic (exact) mass is 242 g/mol. The van der Waals surface area contributed by atoms with Crippen LogP contribution in [0.25, 0.3) is 0 Å². The quantitative estimate of drug-likeness (QED) is 0.752. The molecule has 0 aromatic heterocycles. The molecule has 1 unspecified atom stereocenters. The first-order valence-corrected chi connectivity index (χ1v) is 5.96. The van der Waals surface area contributed by atoms with E-state index in [9.17, 15) is 0 Å². The number of halogens is 2. The summed E-state index contributed by atoms with van der Waals surface area (Å²) in [6.45, 7) is 3.18. The molecule has 1 saturated heterocycles. The van der Waals surface area contributed by atoms with Crippen LogP contribution in [0.1, 0.15) is 5.56 Å². The summed E-state index contributed by atoms with van der Waals surface area (Å²) in [6, 6.07) is 4.60. The first kappa shape index (κ1) is 9.76. The van der Waals surface area contributed by atoms with Crippen molar-refractivity contribution in [3.05, 3.63) is 27.7 Å². The molecule has 4 heteroatoms. The summed E-state index contributed by atoms with van der Waals surface area (Å²) in [5, 5.41) is 4.74. The predicted molar refractivity (Wildman–Crippen MR) is 64.2 cm³/mol. The van der Waals surface area contributed by atoms with Crippen LogP contribution in [-0.2, 0) is 6.42 Å².